The molecular formula is C26H33N3O7. The van der Waals surface area contributed by atoms with Crippen molar-refractivity contribution in [3.63, 3.8) is 0 Å². The molecule has 10 nitrogen and oxygen atoms in total. The molecular weight excluding hydrogens is 466 g/mol. The van der Waals surface area contributed by atoms with Gasteiger partial charge < -0.3 is 19.5 Å². The number of carbonyl (C=O) groups excluding carboxylic acids is 4. The third-order valence-electron chi connectivity index (χ3n) is 5.45. The number of benzene rings is 1. The molecule has 2 fully saturated rings. The molecule has 2 aliphatic heterocycles. The number of hydrogen-bond donors (Lipinski definition) is 2. The van der Waals surface area contributed by atoms with Crippen molar-refractivity contribution >= 4 is 24.0 Å². The molecule has 194 valence electrons. The van der Waals surface area contributed by atoms with Crippen LogP contribution in [0.1, 0.15) is 63.7 Å². The van der Waals surface area contributed by atoms with Crippen LogP contribution < -0.4 is 10.6 Å². The number of rotatable bonds is 8. The van der Waals surface area contributed by atoms with Crippen molar-refractivity contribution in [1.29, 1.82) is 0 Å². The van der Waals surface area contributed by atoms with Crippen LogP contribution in [-0.4, -0.2) is 66.8 Å². The van der Waals surface area contributed by atoms with Crippen LogP contribution in [0.3, 0.4) is 0 Å². The maximum absolute atomic E-state index is 12.3. The molecule has 1 aromatic carbocycles. The summed E-state index contributed by atoms with van der Waals surface area (Å²) in [6.07, 6.45) is 0.283. The highest BCUT2D eigenvalue weighted by Gasteiger charge is 2.41. The summed E-state index contributed by atoms with van der Waals surface area (Å²) >= 11 is 0. The van der Waals surface area contributed by atoms with Gasteiger partial charge >= 0.3 is 12.2 Å². The Morgan fingerprint density at radius 2 is 1.94 bits per heavy atom. The number of piperidine rings is 1. The van der Waals surface area contributed by atoms with E-state index < -0.39 is 35.8 Å². The van der Waals surface area contributed by atoms with E-state index in [1.165, 1.54) is 4.90 Å². The Hall–Kier alpha value is -3.58. The monoisotopic (exact) mass is 499 g/mol. The van der Waals surface area contributed by atoms with Crippen molar-refractivity contribution in [1.82, 2.24) is 15.5 Å². The maximum atomic E-state index is 12.3. The summed E-state index contributed by atoms with van der Waals surface area (Å²) in [5.74, 6) is 5.35. The van der Waals surface area contributed by atoms with Crippen LogP contribution in [0, 0.1) is 11.8 Å². The first-order valence-electron chi connectivity index (χ1n) is 12.1. The Morgan fingerprint density at radius 3 is 2.64 bits per heavy atom. The molecule has 2 heterocycles. The second-order valence-corrected chi connectivity index (χ2v) is 9.56. The van der Waals surface area contributed by atoms with Crippen molar-refractivity contribution in [2.24, 2.45) is 0 Å². The second-order valence-electron chi connectivity index (χ2n) is 9.56. The number of imide groups is 1. The molecule has 2 saturated heterocycles. The molecule has 0 aromatic heterocycles. The molecule has 1 unspecified atom stereocenters. The summed E-state index contributed by atoms with van der Waals surface area (Å²) in [7, 11) is 0. The fourth-order valence-electron chi connectivity index (χ4n) is 3.74. The highest BCUT2D eigenvalue weighted by atomic mass is 16.6. The molecule has 1 aromatic rings. The zero-order valence-corrected chi connectivity index (χ0v) is 20.9. The smallest absolute Gasteiger partial charge is 0.411 e. The fourth-order valence-corrected chi connectivity index (χ4v) is 3.74. The normalized spacial score (nSPS) is 19.8. The molecule has 2 atom stereocenters. The number of nitrogens with zero attached hydrogens (tertiary/aromatic N) is 1. The third kappa shape index (κ3) is 8.27. The van der Waals surface area contributed by atoms with Gasteiger partial charge in [0.1, 0.15) is 17.7 Å². The van der Waals surface area contributed by atoms with Crippen molar-refractivity contribution in [2.75, 3.05) is 26.3 Å². The largest absolute Gasteiger partial charge is 0.444 e. The maximum Gasteiger partial charge on any atom is 0.411 e. The van der Waals surface area contributed by atoms with E-state index in [-0.39, 0.29) is 18.9 Å². The zero-order valence-electron chi connectivity index (χ0n) is 20.9. The van der Waals surface area contributed by atoms with Gasteiger partial charge in [-0.25, -0.2) is 9.59 Å². The number of nitrogens with one attached hydrogen (secondary N) is 2. The highest BCUT2D eigenvalue weighted by Crippen LogP contribution is 2.29. The predicted molar refractivity (Wildman–Crippen MR) is 130 cm³/mol. The average molecular weight is 500 g/mol. The number of amides is 4. The minimum absolute atomic E-state index is 0.203. The van der Waals surface area contributed by atoms with Crippen LogP contribution in [-0.2, 0) is 23.8 Å². The number of alkyl carbamates (subject to hydrolysis) is 1. The first-order chi connectivity index (χ1) is 17.1. The fraction of sp³-hybridized carbons (Fsp3) is 0.538. The molecule has 0 spiro atoms. The number of cyclic esters (lactones) is 1. The van der Waals surface area contributed by atoms with Crippen LogP contribution >= 0.6 is 0 Å². The molecule has 0 radical (unpaired) electrons. The highest BCUT2D eigenvalue weighted by molar-refractivity contribution is 6.01. The van der Waals surface area contributed by atoms with Crippen LogP contribution in [0.15, 0.2) is 24.3 Å². The van der Waals surface area contributed by atoms with E-state index in [0.29, 0.717) is 39.0 Å². The van der Waals surface area contributed by atoms with E-state index in [1.54, 1.807) is 0 Å². The summed E-state index contributed by atoms with van der Waals surface area (Å²) in [5.41, 5.74) is 1.13. The minimum atomic E-state index is -0.686. The Labute approximate surface area is 211 Å². The Morgan fingerprint density at radius 1 is 1.19 bits per heavy atom. The molecule has 4 amide bonds. The lowest BCUT2D eigenvalue weighted by Gasteiger charge is -2.27. The van der Waals surface area contributed by atoms with E-state index in [2.05, 4.69) is 22.5 Å². The molecule has 10 heteroatoms. The van der Waals surface area contributed by atoms with Crippen molar-refractivity contribution < 1.29 is 33.4 Å². The van der Waals surface area contributed by atoms with Crippen molar-refractivity contribution in [3.05, 3.63) is 35.4 Å². The van der Waals surface area contributed by atoms with E-state index in [1.807, 2.05) is 45.0 Å². The summed E-state index contributed by atoms with van der Waals surface area (Å²) in [6, 6.07) is 6.73. The van der Waals surface area contributed by atoms with Crippen LogP contribution in [0.4, 0.5) is 9.59 Å². The lowest BCUT2D eigenvalue weighted by molar-refractivity contribution is -0.136. The van der Waals surface area contributed by atoms with E-state index >= 15 is 0 Å². The van der Waals surface area contributed by atoms with Gasteiger partial charge in [0.2, 0.25) is 11.8 Å². The van der Waals surface area contributed by atoms with E-state index in [0.717, 1.165) is 11.1 Å². The van der Waals surface area contributed by atoms with Crippen molar-refractivity contribution in [3.8, 4) is 11.8 Å². The SMILES string of the molecule is CC(C)(C)OC(=O)NCCCOCCC#Cc1ccc([C@H]2CN(C3CCC(=O)NC3=O)C(=O)O2)cc1. The Balaban J connectivity index is 1.35. The van der Waals surface area contributed by atoms with Gasteiger partial charge in [-0.2, -0.15) is 0 Å². The average Bonchev–Trinajstić information content (AvgIpc) is 3.18. The first-order valence-corrected chi connectivity index (χ1v) is 12.1. The zero-order chi connectivity index (χ0) is 26.1. The van der Waals surface area contributed by atoms with Gasteiger partial charge in [0.05, 0.1) is 13.2 Å². The van der Waals surface area contributed by atoms with Gasteiger partial charge in [0.15, 0.2) is 0 Å². The standard InChI is InChI=1S/C26H33N3O7/c1-26(2,3)36-24(32)27-14-6-16-34-15-5-4-7-18-8-10-19(11-9-18)21-17-29(25(33)35-21)20-12-13-22(30)28-23(20)31/h8-11,20-21H,5-6,12-17H2,1-3H3,(H,27,32)(H,28,30,31)/t20?,21-/m1/s1. The van der Waals surface area contributed by atoms with Gasteiger partial charge in [0, 0.05) is 31.6 Å². The summed E-state index contributed by atoms with van der Waals surface area (Å²) < 4.78 is 16.1. The van der Waals surface area contributed by atoms with Crippen LogP contribution in [0.2, 0.25) is 0 Å². The van der Waals surface area contributed by atoms with Crippen LogP contribution in [0.25, 0.3) is 0 Å². The van der Waals surface area contributed by atoms with Gasteiger partial charge in [-0.1, -0.05) is 24.0 Å². The molecule has 0 bridgehead atoms. The molecule has 0 aliphatic carbocycles. The minimum Gasteiger partial charge on any atom is -0.444 e. The van der Waals surface area contributed by atoms with Gasteiger partial charge in [0.25, 0.3) is 0 Å². The topological polar surface area (TPSA) is 123 Å². The Kier molecular flexibility index (Phi) is 9.31. The van der Waals surface area contributed by atoms with E-state index in [4.69, 9.17) is 14.2 Å². The van der Waals surface area contributed by atoms with Gasteiger partial charge in [-0.15, -0.1) is 0 Å². The third-order valence-corrected chi connectivity index (χ3v) is 5.45. The van der Waals surface area contributed by atoms with E-state index in [9.17, 15) is 19.2 Å². The predicted octanol–water partition coefficient (Wildman–Crippen LogP) is 2.66. The number of ether oxygens (including phenoxy) is 3. The Bertz CT molecular complexity index is 1020. The summed E-state index contributed by atoms with van der Waals surface area (Å²) in [5, 5.41) is 4.95. The lowest BCUT2D eigenvalue weighted by atomic mass is 10.0. The van der Waals surface area contributed by atoms with Crippen LogP contribution in [0.5, 0.6) is 0 Å². The molecule has 2 aliphatic rings. The molecule has 0 saturated carbocycles. The summed E-state index contributed by atoms with van der Waals surface area (Å²) in [6.45, 7) is 7.19. The number of hydrogen-bond acceptors (Lipinski definition) is 7. The molecule has 36 heavy (non-hydrogen) atoms. The van der Waals surface area contributed by atoms with Gasteiger partial charge in [-0.3, -0.25) is 19.8 Å². The van der Waals surface area contributed by atoms with Crippen molar-refractivity contribution in [2.45, 2.75) is 64.2 Å². The quantitative estimate of drug-likeness (QED) is 0.320. The molecule has 3 rings (SSSR count). The second kappa shape index (κ2) is 12.4. The summed E-state index contributed by atoms with van der Waals surface area (Å²) in [4.78, 5) is 48.6. The van der Waals surface area contributed by atoms with Gasteiger partial charge in [-0.05, 0) is 51.3 Å². The first kappa shape index (κ1) is 27.0. The lowest BCUT2D eigenvalue weighted by Crippen LogP contribution is -2.52. The molecule has 2 N–H and O–H groups in total. The number of carbonyl (C=O) groups is 4.